The van der Waals surface area contributed by atoms with Crippen LogP contribution in [0.1, 0.15) is 6.92 Å². The number of hydrogen-bond acceptors (Lipinski definition) is 5. The van der Waals surface area contributed by atoms with Crippen molar-refractivity contribution in [1.82, 2.24) is 9.80 Å². The molecule has 92 valence electrons. The molecule has 1 saturated heterocycles. The zero-order valence-corrected chi connectivity index (χ0v) is 9.65. The minimum atomic E-state index is -3.97. The second-order valence-electron chi connectivity index (χ2n) is 3.72. The molecule has 0 aliphatic carbocycles. The molecule has 1 fully saturated rings. The predicted molar refractivity (Wildman–Crippen MR) is 63.3 cm³/mol. The van der Waals surface area contributed by atoms with Gasteiger partial charge in [0.25, 0.3) is 10.1 Å². The molecule has 0 amide bonds. The Labute approximate surface area is 139 Å². The molecule has 1 rings (SSSR count). The fraction of sp³-hybridized carbons (Fsp3) is 1.00. The Morgan fingerprint density at radius 1 is 1.25 bits per heavy atom. The topological polar surface area (TPSA) is 81.1 Å². The van der Waals surface area contributed by atoms with Gasteiger partial charge in [0.2, 0.25) is 0 Å². The SMILES string of the molecule is CC(N1CCN(CCO)CC1)S(=O)(=O)O.[KH]. The zero-order chi connectivity index (χ0) is 11.5. The Kier molecular flexibility index (Phi) is 8.47. The van der Waals surface area contributed by atoms with Crippen LogP contribution in [0.15, 0.2) is 0 Å². The molecular formula is C8H19KN2O4S. The normalized spacial score (nSPS) is 21.4. The third-order valence-corrected chi connectivity index (χ3v) is 3.93. The second-order valence-corrected chi connectivity index (χ2v) is 5.43. The Balaban J connectivity index is 0.00000225. The van der Waals surface area contributed by atoms with Crippen molar-refractivity contribution < 1.29 is 18.1 Å². The van der Waals surface area contributed by atoms with E-state index in [2.05, 4.69) is 4.90 Å². The molecule has 1 unspecified atom stereocenters. The van der Waals surface area contributed by atoms with Crippen LogP contribution in [0.25, 0.3) is 0 Å². The van der Waals surface area contributed by atoms with E-state index < -0.39 is 15.5 Å². The number of rotatable bonds is 4. The first kappa shape index (κ1) is 17.4. The van der Waals surface area contributed by atoms with Crippen LogP contribution < -0.4 is 0 Å². The van der Waals surface area contributed by atoms with E-state index in [1.807, 2.05) is 0 Å². The van der Waals surface area contributed by atoms with Crippen molar-refractivity contribution in [2.24, 2.45) is 0 Å². The number of hydrogen-bond donors (Lipinski definition) is 2. The van der Waals surface area contributed by atoms with Crippen LogP contribution in [-0.2, 0) is 10.1 Å². The summed E-state index contributed by atoms with van der Waals surface area (Å²) >= 11 is 0. The van der Waals surface area contributed by atoms with Crippen LogP contribution in [0, 0.1) is 0 Å². The maximum absolute atomic E-state index is 10.9. The van der Waals surface area contributed by atoms with Crippen molar-refractivity contribution in [2.75, 3.05) is 39.3 Å². The van der Waals surface area contributed by atoms with E-state index in [0.29, 0.717) is 19.6 Å². The standard InChI is InChI=1S/C8H18N2O4S.K.H/c1-8(15(12,13)14)10-4-2-9(3-5-10)6-7-11;;/h8,11H,2-7H2,1H3,(H,12,13,14);;. The van der Waals surface area contributed by atoms with Crippen molar-refractivity contribution in [1.29, 1.82) is 0 Å². The Morgan fingerprint density at radius 3 is 2.12 bits per heavy atom. The van der Waals surface area contributed by atoms with Gasteiger partial charge in [0.15, 0.2) is 0 Å². The predicted octanol–water partition coefficient (Wildman–Crippen LogP) is -1.82. The first-order chi connectivity index (χ1) is 6.95. The van der Waals surface area contributed by atoms with Crippen molar-refractivity contribution in [3.05, 3.63) is 0 Å². The Bertz CT molecular complexity index is 290. The van der Waals surface area contributed by atoms with Crippen LogP contribution >= 0.6 is 0 Å². The summed E-state index contributed by atoms with van der Waals surface area (Å²) in [6.07, 6.45) is 0. The summed E-state index contributed by atoms with van der Waals surface area (Å²) in [5.74, 6) is 0. The van der Waals surface area contributed by atoms with Gasteiger partial charge in [-0.1, -0.05) is 0 Å². The third-order valence-electron chi connectivity index (χ3n) is 2.77. The maximum atomic E-state index is 10.9. The molecule has 8 heteroatoms. The van der Waals surface area contributed by atoms with E-state index in [1.54, 1.807) is 4.90 Å². The van der Waals surface area contributed by atoms with Crippen LogP contribution in [0.3, 0.4) is 0 Å². The van der Waals surface area contributed by atoms with Gasteiger partial charge in [0, 0.05) is 32.7 Å². The summed E-state index contributed by atoms with van der Waals surface area (Å²) < 4.78 is 30.7. The number of β-amino-alcohol motifs (C(OH)–C–C–N with tert-alkyl or cyclic N) is 1. The van der Waals surface area contributed by atoms with Crippen molar-refractivity contribution in [2.45, 2.75) is 12.3 Å². The molecule has 0 bridgehead atoms. The summed E-state index contributed by atoms with van der Waals surface area (Å²) in [7, 11) is -3.97. The van der Waals surface area contributed by atoms with E-state index in [4.69, 9.17) is 9.66 Å². The van der Waals surface area contributed by atoms with Crippen LogP contribution in [-0.4, -0.2) is 124 Å². The average Bonchev–Trinajstić information content (AvgIpc) is 2.17. The fourth-order valence-electron chi connectivity index (χ4n) is 1.68. The van der Waals surface area contributed by atoms with Gasteiger partial charge in [0.05, 0.1) is 6.61 Å². The molecule has 6 nitrogen and oxygen atoms in total. The van der Waals surface area contributed by atoms with Gasteiger partial charge in [-0.25, -0.2) is 0 Å². The van der Waals surface area contributed by atoms with Gasteiger partial charge in [-0.15, -0.1) is 0 Å². The van der Waals surface area contributed by atoms with Crippen molar-refractivity contribution >= 4 is 61.5 Å². The minimum absolute atomic E-state index is 0. The number of aliphatic hydroxyl groups is 1. The van der Waals surface area contributed by atoms with Crippen LogP contribution in [0.4, 0.5) is 0 Å². The van der Waals surface area contributed by atoms with Gasteiger partial charge in [-0.05, 0) is 6.92 Å². The molecule has 0 radical (unpaired) electrons. The molecule has 0 aromatic heterocycles. The number of aliphatic hydroxyl groups excluding tert-OH is 1. The summed E-state index contributed by atoms with van der Waals surface area (Å²) in [6, 6.07) is 0. The quantitative estimate of drug-likeness (QED) is 0.466. The third kappa shape index (κ3) is 5.38. The molecule has 1 aliphatic rings. The van der Waals surface area contributed by atoms with Gasteiger partial charge in [-0.2, -0.15) is 8.42 Å². The van der Waals surface area contributed by atoms with Gasteiger partial charge in [0.1, 0.15) is 5.37 Å². The van der Waals surface area contributed by atoms with Gasteiger partial charge < -0.3 is 5.11 Å². The Morgan fingerprint density at radius 2 is 1.75 bits per heavy atom. The fourth-order valence-corrected chi connectivity index (χ4v) is 2.27. The van der Waals surface area contributed by atoms with E-state index in [9.17, 15) is 8.42 Å². The first-order valence-corrected chi connectivity index (χ1v) is 6.49. The van der Waals surface area contributed by atoms with Crippen LogP contribution in [0.5, 0.6) is 0 Å². The van der Waals surface area contributed by atoms with E-state index in [-0.39, 0.29) is 58.0 Å². The van der Waals surface area contributed by atoms with Gasteiger partial charge >= 0.3 is 51.4 Å². The van der Waals surface area contributed by atoms with E-state index >= 15 is 0 Å². The van der Waals surface area contributed by atoms with E-state index in [0.717, 1.165) is 13.1 Å². The van der Waals surface area contributed by atoms with Crippen molar-refractivity contribution in [3.8, 4) is 0 Å². The molecule has 1 aliphatic heterocycles. The summed E-state index contributed by atoms with van der Waals surface area (Å²) in [4.78, 5) is 3.79. The molecule has 0 aromatic carbocycles. The molecule has 0 spiro atoms. The summed E-state index contributed by atoms with van der Waals surface area (Å²) in [6.45, 7) is 4.86. The number of nitrogens with zero attached hydrogens (tertiary/aromatic N) is 2. The summed E-state index contributed by atoms with van der Waals surface area (Å²) in [5.41, 5.74) is 0. The van der Waals surface area contributed by atoms with Gasteiger partial charge in [-0.3, -0.25) is 14.4 Å². The van der Waals surface area contributed by atoms with E-state index in [1.165, 1.54) is 6.92 Å². The monoisotopic (exact) mass is 278 g/mol. The molecule has 1 atom stereocenters. The number of piperazine rings is 1. The molecule has 1 heterocycles. The average molecular weight is 278 g/mol. The first-order valence-electron chi connectivity index (χ1n) is 4.98. The molecule has 2 N–H and O–H groups in total. The Hall–Kier alpha value is 1.43. The zero-order valence-electron chi connectivity index (χ0n) is 8.83. The van der Waals surface area contributed by atoms with Crippen LogP contribution in [0.2, 0.25) is 0 Å². The second kappa shape index (κ2) is 7.77. The molecular weight excluding hydrogens is 259 g/mol. The summed E-state index contributed by atoms with van der Waals surface area (Å²) in [5, 5.41) is 7.89. The molecule has 0 saturated carbocycles. The molecule has 16 heavy (non-hydrogen) atoms. The van der Waals surface area contributed by atoms with Crippen molar-refractivity contribution in [3.63, 3.8) is 0 Å². The molecule has 0 aromatic rings.